The number of morpholine rings is 1. The third-order valence-corrected chi connectivity index (χ3v) is 8.06. The number of thiazole rings is 1. The van der Waals surface area contributed by atoms with Crippen LogP contribution in [-0.4, -0.2) is 48.5 Å². The first-order valence-corrected chi connectivity index (χ1v) is 12.1. The normalized spacial score (nSPS) is 20.7. The SMILES string of the molecule is C[C@H]1CN(S(=O)(=O)c2ccc(C(=O)N=c3sc4cc(F)cc(F)c4n3C)cc2)C[C@H](C)O1. The maximum absolute atomic E-state index is 14.1. The lowest BCUT2D eigenvalue weighted by atomic mass is 10.2. The second-order valence-electron chi connectivity index (χ2n) is 7.70. The van der Waals surface area contributed by atoms with Crippen molar-refractivity contribution < 1.29 is 26.7 Å². The molecule has 1 fully saturated rings. The molecule has 170 valence electrons. The Morgan fingerprint density at radius 3 is 2.38 bits per heavy atom. The highest BCUT2D eigenvalue weighted by molar-refractivity contribution is 7.89. The first kappa shape index (κ1) is 22.7. The number of aromatic nitrogens is 1. The average Bonchev–Trinajstić information content (AvgIpc) is 3.02. The number of nitrogens with zero attached hydrogens (tertiary/aromatic N) is 3. The maximum Gasteiger partial charge on any atom is 0.279 e. The first-order valence-electron chi connectivity index (χ1n) is 9.85. The maximum atomic E-state index is 14.1. The highest BCUT2D eigenvalue weighted by Crippen LogP contribution is 2.23. The Morgan fingerprint density at radius 2 is 1.75 bits per heavy atom. The number of aryl methyl sites for hydroxylation is 1. The lowest BCUT2D eigenvalue weighted by Crippen LogP contribution is -2.48. The Hall–Kier alpha value is -2.47. The molecule has 2 atom stereocenters. The summed E-state index contributed by atoms with van der Waals surface area (Å²) >= 11 is 0.983. The van der Waals surface area contributed by atoms with E-state index in [-0.39, 0.29) is 46.1 Å². The largest absolute Gasteiger partial charge is 0.373 e. The molecule has 11 heteroatoms. The molecule has 1 aliphatic rings. The van der Waals surface area contributed by atoms with Crippen molar-refractivity contribution in [1.82, 2.24) is 8.87 Å². The van der Waals surface area contributed by atoms with Crippen LogP contribution in [0.5, 0.6) is 0 Å². The van der Waals surface area contributed by atoms with Crippen molar-refractivity contribution in [2.24, 2.45) is 12.0 Å². The summed E-state index contributed by atoms with van der Waals surface area (Å²) in [7, 11) is -2.20. The lowest BCUT2D eigenvalue weighted by molar-refractivity contribution is -0.0440. The van der Waals surface area contributed by atoms with E-state index in [1.165, 1.54) is 46.3 Å². The van der Waals surface area contributed by atoms with Gasteiger partial charge in [0.25, 0.3) is 5.91 Å². The Bertz CT molecular complexity index is 1350. The summed E-state index contributed by atoms with van der Waals surface area (Å²) in [6.07, 6.45) is -0.429. The first-order chi connectivity index (χ1) is 15.1. The molecule has 32 heavy (non-hydrogen) atoms. The van der Waals surface area contributed by atoms with E-state index in [4.69, 9.17) is 4.74 Å². The van der Waals surface area contributed by atoms with Gasteiger partial charge in [-0.2, -0.15) is 9.30 Å². The van der Waals surface area contributed by atoms with Crippen LogP contribution in [0.3, 0.4) is 0 Å². The number of hydrogen-bond acceptors (Lipinski definition) is 5. The van der Waals surface area contributed by atoms with E-state index >= 15 is 0 Å². The molecule has 1 amide bonds. The summed E-state index contributed by atoms with van der Waals surface area (Å²) < 4.78 is 62.1. The van der Waals surface area contributed by atoms with E-state index in [2.05, 4.69) is 4.99 Å². The van der Waals surface area contributed by atoms with Gasteiger partial charge in [-0.15, -0.1) is 0 Å². The number of carbonyl (C=O) groups excluding carboxylic acids is 1. The van der Waals surface area contributed by atoms with E-state index in [9.17, 15) is 22.0 Å². The van der Waals surface area contributed by atoms with Crippen molar-refractivity contribution in [3.8, 4) is 0 Å². The molecule has 0 saturated carbocycles. The number of fused-ring (bicyclic) bond motifs is 1. The van der Waals surface area contributed by atoms with Crippen molar-refractivity contribution in [2.45, 2.75) is 31.0 Å². The molecule has 2 aromatic carbocycles. The van der Waals surface area contributed by atoms with Gasteiger partial charge in [-0.3, -0.25) is 4.79 Å². The minimum atomic E-state index is -3.73. The van der Waals surface area contributed by atoms with Gasteiger partial charge in [-0.25, -0.2) is 17.2 Å². The molecule has 3 aromatic rings. The van der Waals surface area contributed by atoms with Gasteiger partial charge in [-0.05, 0) is 44.2 Å². The van der Waals surface area contributed by atoms with Crippen LogP contribution in [0.1, 0.15) is 24.2 Å². The zero-order valence-corrected chi connectivity index (χ0v) is 19.2. The van der Waals surface area contributed by atoms with E-state index in [0.29, 0.717) is 4.70 Å². The van der Waals surface area contributed by atoms with Gasteiger partial charge >= 0.3 is 0 Å². The van der Waals surface area contributed by atoms with Crippen LogP contribution in [0.25, 0.3) is 10.2 Å². The van der Waals surface area contributed by atoms with Crippen molar-refractivity contribution in [1.29, 1.82) is 0 Å². The van der Waals surface area contributed by atoms with E-state index < -0.39 is 27.6 Å². The predicted molar refractivity (Wildman–Crippen MR) is 116 cm³/mol. The molecule has 0 N–H and O–H groups in total. The summed E-state index contributed by atoms with van der Waals surface area (Å²) in [5.74, 6) is -2.07. The minimum absolute atomic E-state index is 0.0697. The molecule has 0 unspecified atom stereocenters. The lowest BCUT2D eigenvalue weighted by Gasteiger charge is -2.34. The summed E-state index contributed by atoms with van der Waals surface area (Å²) in [4.78, 5) is 16.9. The van der Waals surface area contributed by atoms with Gasteiger partial charge < -0.3 is 9.30 Å². The minimum Gasteiger partial charge on any atom is -0.373 e. The summed E-state index contributed by atoms with van der Waals surface area (Å²) in [6.45, 7) is 4.13. The van der Waals surface area contributed by atoms with E-state index in [1.807, 2.05) is 13.8 Å². The van der Waals surface area contributed by atoms with Crippen LogP contribution in [-0.2, 0) is 21.8 Å². The second kappa shape index (κ2) is 8.47. The summed E-state index contributed by atoms with van der Waals surface area (Å²) in [5, 5.41) is 0. The second-order valence-corrected chi connectivity index (χ2v) is 10.6. The number of rotatable bonds is 3. The Balaban J connectivity index is 1.62. The fourth-order valence-electron chi connectivity index (χ4n) is 3.70. The Morgan fingerprint density at radius 1 is 1.12 bits per heavy atom. The highest BCUT2D eigenvalue weighted by Gasteiger charge is 2.32. The van der Waals surface area contributed by atoms with Gasteiger partial charge in [0.1, 0.15) is 5.82 Å². The topological polar surface area (TPSA) is 81.0 Å². The Labute approximate surface area is 187 Å². The number of hydrogen-bond donors (Lipinski definition) is 0. The molecule has 7 nitrogen and oxygen atoms in total. The van der Waals surface area contributed by atoms with E-state index in [1.54, 1.807) is 0 Å². The quantitative estimate of drug-likeness (QED) is 0.576. The van der Waals surface area contributed by atoms with Crippen molar-refractivity contribution >= 4 is 37.5 Å². The van der Waals surface area contributed by atoms with Gasteiger partial charge in [0, 0.05) is 31.8 Å². The zero-order chi connectivity index (χ0) is 23.2. The monoisotopic (exact) mass is 481 g/mol. The predicted octanol–water partition coefficient (Wildman–Crippen LogP) is 3.06. The smallest absolute Gasteiger partial charge is 0.279 e. The molecule has 0 aliphatic carbocycles. The number of sulfonamides is 1. The molecule has 1 aliphatic heterocycles. The molecule has 0 radical (unpaired) electrons. The van der Waals surface area contributed by atoms with Crippen LogP contribution in [0.15, 0.2) is 46.3 Å². The van der Waals surface area contributed by atoms with Crippen LogP contribution >= 0.6 is 11.3 Å². The molecular formula is C21H21F2N3O4S2. The number of benzene rings is 2. The van der Waals surface area contributed by atoms with Crippen molar-refractivity contribution in [2.75, 3.05) is 13.1 Å². The molecule has 2 heterocycles. The summed E-state index contributed by atoms with van der Waals surface area (Å²) in [5.41, 5.74) is 0.329. The molecule has 0 bridgehead atoms. The molecular weight excluding hydrogens is 460 g/mol. The van der Waals surface area contributed by atoms with Crippen molar-refractivity contribution in [3.63, 3.8) is 0 Å². The van der Waals surface area contributed by atoms with Gasteiger partial charge in [0.05, 0.1) is 27.3 Å². The van der Waals surface area contributed by atoms with Gasteiger partial charge in [-0.1, -0.05) is 11.3 Å². The van der Waals surface area contributed by atoms with Gasteiger partial charge in [0.2, 0.25) is 10.0 Å². The third-order valence-electron chi connectivity index (χ3n) is 5.14. The van der Waals surface area contributed by atoms with Crippen molar-refractivity contribution in [3.05, 3.63) is 58.4 Å². The fraction of sp³-hybridized carbons (Fsp3) is 0.333. The molecule has 1 saturated heterocycles. The molecule has 1 aromatic heterocycles. The zero-order valence-electron chi connectivity index (χ0n) is 17.6. The summed E-state index contributed by atoms with van der Waals surface area (Å²) in [6, 6.07) is 7.46. The Kier molecular flexibility index (Phi) is 6.01. The molecule has 0 spiro atoms. The number of carbonyl (C=O) groups is 1. The van der Waals surface area contributed by atoms with E-state index in [0.717, 1.165) is 17.4 Å². The highest BCUT2D eigenvalue weighted by atomic mass is 32.2. The van der Waals surface area contributed by atoms with Crippen LogP contribution in [0, 0.1) is 11.6 Å². The third kappa shape index (κ3) is 4.25. The van der Waals surface area contributed by atoms with Gasteiger partial charge in [0.15, 0.2) is 10.6 Å². The molecule has 4 rings (SSSR count). The number of amides is 1. The van der Waals surface area contributed by atoms with Crippen LogP contribution in [0.2, 0.25) is 0 Å². The number of ether oxygens (including phenoxy) is 1. The van der Waals surface area contributed by atoms with Crippen LogP contribution < -0.4 is 4.80 Å². The standard InChI is InChI=1S/C21H21F2N3O4S2/c1-12-10-26(11-13(2)30-12)32(28,29)16-6-4-14(5-7-16)20(27)24-21-25(3)19-17(23)8-15(22)9-18(19)31-21/h4-9,12-13H,10-11H2,1-3H3/t12-,13-/m0/s1. The number of halogens is 2. The van der Waals surface area contributed by atoms with Crippen LogP contribution in [0.4, 0.5) is 8.78 Å². The fourth-order valence-corrected chi connectivity index (χ4v) is 6.35. The average molecular weight is 482 g/mol.